The van der Waals surface area contributed by atoms with Crippen LogP contribution in [0.3, 0.4) is 0 Å². The van der Waals surface area contributed by atoms with Crippen molar-refractivity contribution in [1.29, 1.82) is 0 Å². The molecule has 1 saturated heterocycles. The van der Waals surface area contributed by atoms with Gasteiger partial charge in [0.15, 0.2) is 0 Å². The van der Waals surface area contributed by atoms with E-state index in [0.717, 1.165) is 24.0 Å². The molecule has 3 nitrogen and oxygen atoms in total. The summed E-state index contributed by atoms with van der Waals surface area (Å²) in [5.41, 5.74) is 1.99. The first-order valence-electron chi connectivity index (χ1n) is 5.58. The van der Waals surface area contributed by atoms with Crippen LogP contribution in [-0.4, -0.2) is 29.2 Å². The number of nitrogens with zero attached hydrogens (tertiary/aromatic N) is 1. The predicted octanol–water partition coefficient (Wildman–Crippen LogP) is 2.98. The average Bonchev–Trinajstić information content (AvgIpc) is 2.32. The number of carbonyl (C=O) groups is 1. The molecule has 0 atom stereocenters. The van der Waals surface area contributed by atoms with Crippen LogP contribution < -0.4 is 0 Å². The van der Waals surface area contributed by atoms with Gasteiger partial charge in [0.1, 0.15) is 5.82 Å². The van der Waals surface area contributed by atoms with E-state index in [1.165, 1.54) is 17.0 Å². The van der Waals surface area contributed by atoms with Crippen molar-refractivity contribution in [1.82, 2.24) is 4.90 Å². The molecule has 1 N–H and O–H groups in total. The number of carboxylic acid groups (broad SMARTS) is 1. The van der Waals surface area contributed by atoms with Crippen LogP contribution in [0.4, 0.5) is 9.18 Å². The van der Waals surface area contributed by atoms with Crippen LogP contribution in [0.25, 0.3) is 6.08 Å². The molecule has 2 rings (SSSR count). The highest BCUT2D eigenvalue weighted by atomic mass is 19.1. The fraction of sp³-hybridized carbons (Fsp3) is 0.308. The molecule has 0 aromatic heterocycles. The Hall–Kier alpha value is -1.84. The first kappa shape index (κ1) is 11.6. The summed E-state index contributed by atoms with van der Waals surface area (Å²) in [6.45, 7) is 1.04. The lowest BCUT2D eigenvalue weighted by Gasteiger charge is -2.26. The van der Waals surface area contributed by atoms with Crippen molar-refractivity contribution in [3.8, 4) is 0 Å². The van der Waals surface area contributed by atoms with Crippen LogP contribution in [0.15, 0.2) is 29.8 Å². The number of likely N-dealkylation sites (tertiary alicyclic amines) is 1. The van der Waals surface area contributed by atoms with E-state index in [2.05, 4.69) is 0 Å². The summed E-state index contributed by atoms with van der Waals surface area (Å²) in [6.07, 6.45) is 2.81. The third-order valence-corrected chi connectivity index (χ3v) is 2.83. The quantitative estimate of drug-likeness (QED) is 0.812. The van der Waals surface area contributed by atoms with Gasteiger partial charge in [0, 0.05) is 13.1 Å². The second-order valence-corrected chi connectivity index (χ2v) is 4.16. The van der Waals surface area contributed by atoms with Gasteiger partial charge < -0.3 is 10.0 Å². The van der Waals surface area contributed by atoms with Gasteiger partial charge in [0.05, 0.1) is 0 Å². The molecule has 4 heteroatoms. The van der Waals surface area contributed by atoms with Crippen LogP contribution in [0.2, 0.25) is 0 Å². The van der Waals surface area contributed by atoms with Crippen LogP contribution >= 0.6 is 0 Å². The van der Waals surface area contributed by atoms with Gasteiger partial charge in [-0.2, -0.15) is 0 Å². The van der Waals surface area contributed by atoms with E-state index in [1.54, 1.807) is 12.1 Å². The summed E-state index contributed by atoms with van der Waals surface area (Å²) in [7, 11) is 0. The number of rotatable bonds is 1. The fourth-order valence-electron chi connectivity index (χ4n) is 1.98. The van der Waals surface area contributed by atoms with Gasteiger partial charge in [0.25, 0.3) is 0 Å². The zero-order chi connectivity index (χ0) is 12.3. The highest BCUT2D eigenvalue weighted by molar-refractivity contribution is 5.66. The van der Waals surface area contributed by atoms with Gasteiger partial charge in [0.2, 0.25) is 0 Å². The molecule has 1 fully saturated rings. The van der Waals surface area contributed by atoms with E-state index in [1.807, 2.05) is 6.08 Å². The summed E-state index contributed by atoms with van der Waals surface area (Å²) >= 11 is 0. The topological polar surface area (TPSA) is 40.5 Å². The first-order valence-corrected chi connectivity index (χ1v) is 5.58. The van der Waals surface area contributed by atoms with Gasteiger partial charge in [-0.05, 0) is 30.5 Å². The van der Waals surface area contributed by atoms with Gasteiger partial charge in [-0.1, -0.05) is 23.8 Å². The van der Waals surface area contributed by atoms with Gasteiger partial charge in [-0.25, -0.2) is 9.18 Å². The number of benzene rings is 1. The molecule has 90 valence electrons. The largest absolute Gasteiger partial charge is 0.465 e. The Labute approximate surface area is 99.2 Å². The minimum Gasteiger partial charge on any atom is -0.465 e. The van der Waals surface area contributed by atoms with E-state index in [-0.39, 0.29) is 5.82 Å². The summed E-state index contributed by atoms with van der Waals surface area (Å²) in [6, 6.07) is 6.21. The van der Waals surface area contributed by atoms with Crippen LogP contribution in [-0.2, 0) is 0 Å². The SMILES string of the molecule is O=C(O)N1CCCC(=Cc2ccc(F)cc2)C1. The molecule has 0 aliphatic carbocycles. The lowest BCUT2D eigenvalue weighted by molar-refractivity contribution is 0.144. The zero-order valence-electron chi connectivity index (χ0n) is 9.40. The van der Waals surface area contributed by atoms with E-state index in [9.17, 15) is 9.18 Å². The predicted molar refractivity (Wildman–Crippen MR) is 63.2 cm³/mol. The molecule has 1 aliphatic heterocycles. The normalized spacial score (nSPS) is 18.4. The molecule has 1 aliphatic rings. The second kappa shape index (κ2) is 4.99. The molecule has 0 bridgehead atoms. The highest BCUT2D eigenvalue weighted by Gasteiger charge is 2.17. The van der Waals surface area contributed by atoms with Crippen molar-refractivity contribution in [2.24, 2.45) is 0 Å². The Bertz CT molecular complexity index is 439. The molecular formula is C13H14FNO2. The van der Waals surface area contributed by atoms with Crippen molar-refractivity contribution in [3.63, 3.8) is 0 Å². The summed E-state index contributed by atoms with van der Waals surface area (Å²) in [4.78, 5) is 12.2. The minimum absolute atomic E-state index is 0.261. The summed E-state index contributed by atoms with van der Waals surface area (Å²) < 4.78 is 12.7. The second-order valence-electron chi connectivity index (χ2n) is 4.16. The molecule has 1 aromatic carbocycles. The number of amides is 1. The molecule has 1 aromatic rings. The fourth-order valence-corrected chi connectivity index (χ4v) is 1.98. The van der Waals surface area contributed by atoms with E-state index < -0.39 is 6.09 Å². The molecule has 0 radical (unpaired) electrons. The molecule has 1 heterocycles. The van der Waals surface area contributed by atoms with Crippen LogP contribution in [0.5, 0.6) is 0 Å². The molecular weight excluding hydrogens is 221 g/mol. The Balaban J connectivity index is 2.11. The maximum atomic E-state index is 12.7. The number of halogens is 1. The Morgan fingerprint density at radius 2 is 2.06 bits per heavy atom. The third kappa shape index (κ3) is 3.06. The van der Waals surface area contributed by atoms with Crippen molar-refractivity contribution >= 4 is 12.2 Å². The summed E-state index contributed by atoms with van der Waals surface area (Å²) in [5, 5.41) is 8.91. The smallest absolute Gasteiger partial charge is 0.407 e. The van der Waals surface area contributed by atoms with E-state index >= 15 is 0 Å². The number of piperidine rings is 1. The lowest BCUT2D eigenvalue weighted by Crippen LogP contribution is -2.35. The maximum Gasteiger partial charge on any atom is 0.407 e. The number of hydrogen-bond acceptors (Lipinski definition) is 1. The van der Waals surface area contributed by atoms with E-state index in [0.29, 0.717) is 13.1 Å². The van der Waals surface area contributed by atoms with Crippen LogP contribution in [0, 0.1) is 5.82 Å². The summed E-state index contributed by atoms with van der Waals surface area (Å²) in [5.74, 6) is -0.261. The standard InChI is InChI=1S/C13H14FNO2/c14-12-5-3-10(4-6-12)8-11-2-1-7-15(9-11)13(16)17/h3-6,8H,1-2,7,9H2,(H,16,17). The van der Waals surface area contributed by atoms with Crippen molar-refractivity contribution in [2.75, 3.05) is 13.1 Å². The van der Waals surface area contributed by atoms with Crippen molar-refractivity contribution in [3.05, 3.63) is 41.2 Å². The Kier molecular flexibility index (Phi) is 3.42. The van der Waals surface area contributed by atoms with Crippen LogP contribution in [0.1, 0.15) is 18.4 Å². The van der Waals surface area contributed by atoms with Crippen molar-refractivity contribution in [2.45, 2.75) is 12.8 Å². The third-order valence-electron chi connectivity index (χ3n) is 2.83. The molecule has 0 unspecified atom stereocenters. The maximum absolute atomic E-state index is 12.7. The minimum atomic E-state index is -0.880. The lowest BCUT2D eigenvalue weighted by atomic mass is 10.0. The zero-order valence-corrected chi connectivity index (χ0v) is 9.40. The molecule has 1 amide bonds. The van der Waals surface area contributed by atoms with Gasteiger partial charge in [-0.3, -0.25) is 0 Å². The monoisotopic (exact) mass is 235 g/mol. The van der Waals surface area contributed by atoms with Gasteiger partial charge in [-0.15, -0.1) is 0 Å². The first-order chi connectivity index (χ1) is 8.15. The van der Waals surface area contributed by atoms with Crippen molar-refractivity contribution < 1.29 is 14.3 Å². The number of hydrogen-bond donors (Lipinski definition) is 1. The van der Waals surface area contributed by atoms with E-state index in [4.69, 9.17) is 5.11 Å². The van der Waals surface area contributed by atoms with Gasteiger partial charge >= 0.3 is 6.09 Å². The molecule has 17 heavy (non-hydrogen) atoms. The highest BCUT2D eigenvalue weighted by Crippen LogP contribution is 2.18. The Morgan fingerprint density at radius 1 is 1.35 bits per heavy atom. The molecule has 0 spiro atoms. The molecule has 0 saturated carbocycles. The average molecular weight is 235 g/mol. The Morgan fingerprint density at radius 3 is 2.71 bits per heavy atom.